The van der Waals surface area contributed by atoms with E-state index in [4.69, 9.17) is 4.74 Å². The molecule has 1 saturated heterocycles. The molecular weight excluding hydrogens is 578 g/mol. The second-order valence-electron chi connectivity index (χ2n) is 11.7. The van der Waals surface area contributed by atoms with Crippen molar-refractivity contribution in [3.8, 4) is 33.5 Å². The summed E-state index contributed by atoms with van der Waals surface area (Å²) in [6, 6.07) is 25.8. The van der Waals surface area contributed by atoms with E-state index < -0.39 is 12.1 Å². The molecule has 0 spiro atoms. The number of para-hydroxylation sites is 1. The molecule has 2 atom stereocenters. The smallest absolute Gasteiger partial charge is 0.407 e. The van der Waals surface area contributed by atoms with Crippen LogP contribution in [0.4, 0.5) is 16.3 Å². The highest BCUT2D eigenvalue weighted by atomic mass is 16.5. The molecule has 3 aromatic carbocycles. The Labute approximate surface area is 268 Å². The maximum Gasteiger partial charge on any atom is 0.407 e. The molecule has 0 aliphatic carbocycles. The van der Waals surface area contributed by atoms with Crippen molar-refractivity contribution in [2.45, 2.75) is 38.8 Å². The Kier molecular flexibility index (Phi) is 9.05. The van der Waals surface area contributed by atoms with Gasteiger partial charge in [0.05, 0.1) is 25.0 Å². The summed E-state index contributed by atoms with van der Waals surface area (Å²) in [7, 11) is 1.30. The van der Waals surface area contributed by atoms with Crippen molar-refractivity contribution in [1.29, 1.82) is 0 Å². The van der Waals surface area contributed by atoms with Gasteiger partial charge >= 0.3 is 6.09 Å². The summed E-state index contributed by atoms with van der Waals surface area (Å²) in [5.74, 6) is 1.28. The molecule has 3 heterocycles. The minimum absolute atomic E-state index is 0.0868. The Morgan fingerprint density at radius 2 is 1.57 bits per heavy atom. The number of aromatic nitrogens is 4. The molecule has 5 aromatic rings. The average molecular weight is 616 g/mol. The lowest BCUT2D eigenvalue weighted by atomic mass is 10.00. The highest BCUT2D eigenvalue weighted by Gasteiger charge is 2.37. The van der Waals surface area contributed by atoms with Gasteiger partial charge in [-0.25, -0.2) is 19.7 Å². The molecule has 10 heteroatoms. The fraction of sp³-hybridized carbons (Fsp3) is 0.250. The largest absolute Gasteiger partial charge is 0.453 e. The molecule has 46 heavy (non-hydrogen) atoms. The molecule has 3 N–H and O–H groups in total. The predicted molar refractivity (Wildman–Crippen MR) is 178 cm³/mol. The third kappa shape index (κ3) is 6.61. The number of anilines is 2. The Balaban J connectivity index is 1.15. The van der Waals surface area contributed by atoms with Crippen molar-refractivity contribution >= 4 is 23.5 Å². The summed E-state index contributed by atoms with van der Waals surface area (Å²) in [6.45, 7) is 4.43. The van der Waals surface area contributed by atoms with Crippen LogP contribution in [0.3, 0.4) is 0 Å². The predicted octanol–water partition coefficient (Wildman–Crippen LogP) is 6.99. The third-order valence-electron chi connectivity index (χ3n) is 8.31. The first kappa shape index (κ1) is 30.5. The fourth-order valence-electron chi connectivity index (χ4n) is 5.83. The van der Waals surface area contributed by atoms with Crippen LogP contribution < -0.4 is 10.6 Å². The zero-order chi connectivity index (χ0) is 32.0. The number of likely N-dealkylation sites (tertiary alicyclic amines) is 1. The topological polar surface area (TPSA) is 125 Å². The molecule has 0 unspecified atom stereocenters. The molecule has 1 aliphatic heterocycles. The number of H-pyrrole nitrogens is 1. The number of aromatic amines is 1. The molecule has 0 saturated carbocycles. The molecule has 1 fully saturated rings. The highest BCUT2D eigenvalue weighted by molar-refractivity contribution is 5.86. The van der Waals surface area contributed by atoms with Gasteiger partial charge in [-0.2, -0.15) is 0 Å². The summed E-state index contributed by atoms with van der Waals surface area (Å²) in [6.07, 6.45) is 6.24. The van der Waals surface area contributed by atoms with Crippen LogP contribution in [-0.2, 0) is 9.53 Å². The second-order valence-corrected chi connectivity index (χ2v) is 11.7. The van der Waals surface area contributed by atoms with E-state index in [-0.39, 0.29) is 17.9 Å². The monoisotopic (exact) mass is 615 g/mol. The van der Waals surface area contributed by atoms with Crippen LogP contribution in [0.5, 0.6) is 0 Å². The van der Waals surface area contributed by atoms with E-state index in [1.165, 1.54) is 7.11 Å². The first-order valence-electron chi connectivity index (χ1n) is 15.4. The quantitative estimate of drug-likeness (QED) is 0.163. The Morgan fingerprint density at radius 1 is 0.891 bits per heavy atom. The lowest BCUT2D eigenvalue weighted by molar-refractivity contribution is -0.135. The third-order valence-corrected chi connectivity index (χ3v) is 8.31. The molecule has 234 valence electrons. The van der Waals surface area contributed by atoms with Crippen molar-refractivity contribution in [1.82, 2.24) is 30.2 Å². The van der Waals surface area contributed by atoms with Crippen LogP contribution in [-0.4, -0.2) is 56.5 Å². The number of hydrogen-bond acceptors (Lipinski definition) is 7. The Morgan fingerprint density at radius 3 is 2.24 bits per heavy atom. The van der Waals surface area contributed by atoms with E-state index in [0.717, 1.165) is 63.7 Å². The van der Waals surface area contributed by atoms with Crippen molar-refractivity contribution in [2.24, 2.45) is 5.92 Å². The first-order chi connectivity index (χ1) is 22.4. The van der Waals surface area contributed by atoms with Gasteiger partial charge in [0.1, 0.15) is 24.0 Å². The van der Waals surface area contributed by atoms with Crippen molar-refractivity contribution in [3.63, 3.8) is 0 Å². The summed E-state index contributed by atoms with van der Waals surface area (Å²) >= 11 is 0. The van der Waals surface area contributed by atoms with Crippen LogP contribution in [0.1, 0.15) is 38.6 Å². The van der Waals surface area contributed by atoms with Crippen LogP contribution >= 0.6 is 0 Å². The van der Waals surface area contributed by atoms with Gasteiger partial charge in [-0.3, -0.25) is 4.79 Å². The number of carbonyl (C=O) groups is 2. The first-order valence-corrected chi connectivity index (χ1v) is 15.4. The lowest BCUT2D eigenvalue weighted by Crippen LogP contribution is -2.51. The number of amides is 2. The van der Waals surface area contributed by atoms with Crippen LogP contribution in [0, 0.1) is 5.92 Å². The van der Waals surface area contributed by atoms with Gasteiger partial charge in [-0.05, 0) is 53.1 Å². The standard InChI is InChI=1S/C36H37N7O3/c1-23(2)32(42-36(45)46-3)35(44)43-19-7-10-31(43)34-38-21-30(41-34)27-17-13-25(14-18-27)24-11-15-26(16-12-24)29-20-37-22-39-33(29)40-28-8-5-4-6-9-28/h4-6,8-9,11-18,20-23,31-32H,7,10,19H2,1-3H3,(H,38,41)(H,42,45)(H,37,39,40)/t31-,32-/m0/s1. The van der Waals surface area contributed by atoms with Crippen molar-refractivity contribution < 1.29 is 14.3 Å². The molecule has 0 radical (unpaired) electrons. The van der Waals surface area contributed by atoms with Crippen molar-refractivity contribution in [3.05, 3.63) is 103 Å². The number of hydrogen-bond donors (Lipinski definition) is 3. The molecule has 10 nitrogen and oxygen atoms in total. The van der Waals surface area contributed by atoms with Gasteiger partial charge in [-0.15, -0.1) is 0 Å². The van der Waals surface area contributed by atoms with E-state index in [0.29, 0.717) is 6.54 Å². The average Bonchev–Trinajstić information content (AvgIpc) is 3.78. The van der Waals surface area contributed by atoms with Gasteiger partial charge in [0.2, 0.25) is 5.91 Å². The second kappa shape index (κ2) is 13.6. The zero-order valence-electron chi connectivity index (χ0n) is 26.1. The van der Waals surface area contributed by atoms with E-state index in [1.54, 1.807) is 6.33 Å². The Hall–Kier alpha value is -5.51. The number of nitrogens with one attached hydrogen (secondary N) is 3. The number of alkyl carbamates (subject to hydrolysis) is 1. The maximum absolute atomic E-state index is 13.5. The van der Waals surface area contributed by atoms with E-state index >= 15 is 0 Å². The normalized spacial score (nSPS) is 15.0. The summed E-state index contributed by atoms with van der Waals surface area (Å²) in [5.41, 5.74) is 6.97. The SMILES string of the molecule is COC(=O)N[C@H](C(=O)N1CCC[C@H]1c1ncc(-c2ccc(-c3ccc(-c4cncnc4Nc4ccccc4)cc3)cc2)[nH]1)C(C)C. The minimum atomic E-state index is -0.668. The van der Waals surface area contributed by atoms with Gasteiger partial charge in [0, 0.05) is 24.0 Å². The number of carbonyl (C=O) groups excluding carboxylic acids is 2. The molecule has 2 aromatic heterocycles. The van der Waals surface area contributed by atoms with E-state index in [9.17, 15) is 9.59 Å². The highest BCUT2D eigenvalue weighted by Crippen LogP contribution is 2.34. The van der Waals surface area contributed by atoms with E-state index in [1.807, 2.05) is 61.5 Å². The minimum Gasteiger partial charge on any atom is -0.453 e. The number of benzene rings is 3. The van der Waals surface area contributed by atoms with E-state index in [2.05, 4.69) is 79.1 Å². The summed E-state index contributed by atoms with van der Waals surface area (Å²) in [5, 5.41) is 6.08. The maximum atomic E-state index is 13.5. The summed E-state index contributed by atoms with van der Waals surface area (Å²) in [4.78, 5) is 44.0. The van der Waals surface area contributed by atoms with Crippen LogP contribution in [0.2, 0.25) is 0 Å². The van der Waals surface area contributed by atoms with Crippen molar-refractivity contribution in [2.75, 3.05) is 19.0 Å². The molecule has 1 aliphatic rings. The number of methoxy groups -OCH3 is 1. The fourth-order valence-corrected chi connectivity index (χ4v) is 5.83. The van der Waals surface area contributed by atoms with Gasteiger partial charge in [-0.1, -0.05) is 80.6 Å². The van der Waals surface area contributed by atoms with Gasteiger partial charge < -0.3 is 25.3 Å². The number of ether oxygens (including phenoxy) is 1. The van der Waals surface area contributed by atoms with Crippen LogP contribution in [0.15, 0.2) is 97.6 Å². The number of imidazole rings is 1. The van der Waals surface area contributed by atoms with Crippen LogP contribution in [0.25, 0.3) is 33.5 Å². The molecule has 6 rings (SSSR count). The molecular formula is C36H37N7O3. The zero-order valence-corrected chi connectivity index (χ0v) is 26.1. The number of nitrogens with zero attached hydrogens (tertiary/aromatic N) is 4. The Bertz CT molecular complexity index is 1790. The summed E-state index contributed by atoms with van der Waals surface area (Å²) < 4.78 is 4.74. The van der Waals surface area contributed by atoms with Gasteiger partial charge in [0.25, 0.3) is 0 Å². The molecule has 2 amide bonds. The lowest BCUT2D eigenvalue weighted by Gasteiger charge is -2.30. The molecule has 0 bridgehead atoms. The number of rotatable bonds is 9. The van der Waals surface area contributed by atoms with Gasteiger partial charge in [0.15, 0.2) is 0 Å².